The Morgan fingerprint density at radius 1 is 1.41 bits per heavy atom. The molecule has 17 heavy (non-hydrogen) atoms. The zero-order valence-electron chi connectivity index (χ0n) is 9.95. The van der Waals surface area contributed by atoms with Gasteiger partial charge in [-0.25, -0.2) is 0 Å². The van der Waals surface area contributed by atoms with Crippen molar-refractivity contribution in [2.24, 2.45) is 5.73 Å². The predicted octanol–water partition coefficient (Wildman–Crippen LogP) is 1.33. The van der Waals surface area contributed by atoms with E-state index >= 15 is 0 Å². The normalized spacial score (nSPS) is 12.6. The molecule has 0 spiro atoms. The van der Waals surface area contributed by atoms with Crippen molar-refractivity contribution in [3.05, 3.63) is 42.0 Å². The second-order valence-corrected chi connectivity index (χ2v) is 3.99. The van der Waals surface area contributed by atoms with E-state index in [1.165, 1.54) is 0 Å². The van der Waals surface area contributed by atoms with Crippen molar-refractivity contribution >= 4 is 0 Å². The van der Waals surface area contributed by atoms with E-state index in [0.717, 1.165) is 30.8 Å². The third-order valence-corrected chi connectivity index (χ3v) is 2.70. The first-order valence-corrected chi connectivity index (χ1v) is 5.85. The summed E-state index contributed by atoms with van der Waals surface area (Å²) in [6.07, 6.45) is 5.44. The van der Waals surface area contributed by atoms with Crippen LogP contribution in [0.1, 0.15) is 30.8 Å². The van der Waals surface area contributed by atoms with E-state index in [-0.39, 0.29) is 6.04 Å². The molecule has 0 fully saturated rings. The van der Waals surface area contributed by atoms with Crippen molar-refractivity contribution in [1.82, 2.24) is 20.0 Å². The predicted molar refractivity (Wildman–Crippen MR) is 65.2 cm³/mol. The molecule has 2 heterocycles. The number of pyridine rings is 1. The maximum absolute atomic E-state index is 5.89. The van der Waals surface area contributed by atoms with Gasteiger partial charge >= 0.3 is 0 Å². The molecular formula is C12H17N5. The molecule has 2 N–H and O–H groups in total. The van der Waals surface area contributed by atoms with Gasteiger partial charge in [0.05, 0.1) is 17.9 Å². The van der Waals surface area contributed by atoms with Crippen LogP contribution in [-0.4, -0.2) is 20.0 Å². The fourth-order valence-electron chi connectivity index (χ4n) is 1.58. The molecule has 2 rings (SSSR count). The molecule has 5 nitrogen and oxygen atoms in total. The summed E-state index contributed by atoms with van der Waals surface area (Å²) < 4.78 is 1.82. The largest absolute Gasteiger partial charge is 0.323 e. The number of hydrogen-bond acceptors (Lipinski definition) is 4. The molecule has 0 aromatic carbocycles. The van der Waals surface area contributed by atoms with E-state index in [4.69, 9.17) is 5.73 Å². The van der Waals surface area contributed by atoms with Crippen LogP contribution >= 0.6 is 0 Å². The Morgan fingerprint density at radius 2 is 2.29 bits per heavy atom. The highest BCUT2D eigenvalue weighted by Gasteiger charge is 2.08. The second-order valence-electron chi connectivity index (χ2n) is 3.99. The average molecular weight is 231 g/mol. The van der Waals surface area contributed by atoms with Gasteiger partial charge in [-0.2, -0.15) is 0 Å². The van der Waals surface area contributed by atoms with Crippen LogP contribution in [0.3, 0.4) is 0 Å². The Morgan fingerprint density at radius 3 is 3.00 bits per heavy atom. The van der Waals surface area contributed by atoms with E-state index in [1.807, 2.05) is 36.0 Å². The minimum Gasteiger partial charge on any atom is -0.323 e. The monoisotopic (exact) mass is 231 g/mol. The van der Waals surface area contributed by atoms with Crippen LogP contribution in [0.2, 0.25) is 0 Å². The molecule has 2 aromatic rings. The van der Waals surface area contributed by atoms with Crippen molar-refractivity contribution in [1.29, 1.82) is 0 Å². The van der Waals surface area contributed by atoms with Crippen molar-refractivity contribution in [3.63, 3.8) is 0 Å². The van der Waals surface area contributed by atoms with Crippen LogP contribution in [-0.2, 0) is 13.0 Å². The van der Waals surface area contributed by atoms with Crippen LogP contribution in [0.5, 0.6) is 0 Å². The number of rotatable bonds is 5. The number of aromatic nitrogens is 4. The molecule has 0 saturated heterocycles. The number of nitrogens with zero attached hydrogens (tertiary/aromatic N) is 4. The summed E-state index contributed by atoms with van der Waals surface area (Å²) in [4.78, 5) is 4.27. The molecule has 5 heteroatoms. The quantitative estimate of drug-likeness (QED) is 0.842. The van der Waals surface area contributed by atoms with Gasteiger partial charge in [0.2, 0.25) is 0 Å². The zero-order chi connectivity index (χ0) is 12.1. The number of nitrogens with two attached hydrogens (primary N) is 1. The standard InChI is InChI=1S/C12H17N5/c1-2-11(13)12-9-17(16-15-12)8-6-10-5-3-4-7-14-10/h3-5,7,9,11H,2,6,8,13H2,1H3. The summed E-state index contributed by atoms with van der Waals surface area (Å²) in [5, 5.41) is 8.13. The van der Waals surface area contributed by atoms with Gasteiger partial charge in [0.1, 0.15) is 0 Å². The molecule has 1 unspecified atom stereocenters. The lowest BCUT2D eigenvalue weighted by molar-refractivity contribution is 0.583. The smallest absolute Gasteiger partial charge is 0.0993 e. The number of aryl methyl sites for hydroxylation is 2. The molecule has 1 atom stereocenters. The van der Waals surface area contributed by atoms with E-state index in [9.17, 15) is 0 Å². The first-order chi connectivity index (χ1) is 8.29. The molecule has 2 aromatic heterocycles. The van der Waals surface area contributed by atoms with E-state index < -0.39 is 0 Å². The van der Waals surface area contributed by atoms with Crippen molar-refractivity contribution in [2.75, 3.05) is 0 Å². The van der Waals surface area contributed by atoms with Crippen molar-refractivity contribution in [2.45, 2.75) is 32.4 Å². The summed E-state index contributed by atoms with van der Waals surface area (Å²) in [5.74, 6) is 0. The Kier molecular flexibility index (Phi) is 3.82. The van der Waals surface area contributed by atoms with E-state index in [1.54, 1.807) is 6.20 Å². The van der Waals surface area contributed by atoms with Gasteiger partial charge in [-0.3, -0.25) is 9.67 Å². The van der Waals surface area contributed by atoms with Gasteiger partial charge in [-0.1, -0.05) is 18.2 Å². The summed E-state index contributed by atoms with van der Waals surface area (Å²) >= 11 is 0. The Balaban J connectivity index is 1.94. The third kappa shape index (κ3) is 3.10. The maximum atomic E-state index is 5.89. The second kappa shape index (κ2) is 5.54. The van der Waals surface area contributed by atoms with Crippen LogP contribution in [0.4, 0.5) is 0 Å². The van der Waals surface area contributed by atoms with Gasteiger partial charge in [0, 0.05) is 24.9 Å². The molecule has 0 amide bonds. The molecule has 0 radical (unpaired) electrons. The molecule has 90 valence electrons. The lowest BCUT2D eigenvalue weighted by Crippen LogP contribution is -2.08. The highest BCUT2D eigenvalue weighted by Crippen LogP contribution is 2.09. The van der Waals surface area contributed by atoms with Gasteiger partial charge in [-0.15, -0.1) is 5.10 Å². The topological polar surface area (TPSA) is 69.6 Å². The van der Waals surface area contributed by atoms with Gasteiger partial charge < -0.3 is 5.73 Å². The van der Waals surface area contributed by atoms with Crippen molar-refractivity contribution < 1.29 is 0 Å². The SMILES string of the molecule is CCC(N)c1cn(CCc2ccccn2)nn1. The summed E-state index contributed by atoms with van der Waals surface area (Å²) in [7, 11) is 0. The molecule has 0 bridgehead atoms. The third-order valence-electron chi connectivity index (χ3n) is 2.70. The average Bonchev–Trinajstić information content (AvgIpc) is 2.85. The lowest BCUT2D eigenvalue weighted by Gasteiger charge is -2.02. The minimum atomic E-state index is -0.0152. The van der Waals surface area contributed by atoms with Gasteiger partial charge in [-0.05, 0) is 18.6 Å². The van der Waals surface area contributed by atoms with Crippen LogP contribution in [0.15, 0.2) is 30.6 Å². The molecule has 0 saturated carbocycles. The highest BCUT2D eigenvalue weighted by molar-refractivity contribution is 5.04. The zero-order valence-corrected chi connectivity index (χ0v) is 9.95. The lowest BCUT2D eigenvalue weighted by atomic mass is 10.2. The molecular weight excluding hydrogens is 214 g/mol. The van der Waals surface area contributed by atoms with Gasteiger partial charge in [0.25, 0.3) is 0 Å². The van der Waals surface area contributed by atoms with Crippen LogP contribution in [0, 0.1) is 0 Å². The van der Waals surface area contributed by atoms with E-state index in [2.05, 4.69) is 15.3 Å². The van der Waals surface area contributed by atoms with Crippen LogP contribution < -0.4 is 5.73 Å². The maximum Gasteiger partial charge on any atom is 0.0993 e. The summed E-state index contributed by atoms with van der Waals surface area (Å²) in [5.41, 5.74) is 7.80. The number of hydrogen-bond donors (Lipinski definition) is 1. The fourth-order valence-corrected chi connectivity index (χ4v) is 1.58. The Bertz CT molecular complexity index is 451. The minimum absolute atomic E-state index is 0.0152. The molecule has 0 aliphatic carbocycles. The summed E-state index contributed by atoms with van der Waals surface area (Å²) in [6, 6.07) is 5.90. The first kappa shape index (κ1) is 11.7. The first-order valence-electron chi connectivity index (χ1n) is 5.85. The fraction of sp³-hybridized carbons (Fsp3) is 0.417. The molecule has 0 aliphatic heterocycles. The van der Waals surface area contributed by atoms with Crippen LogP contribution in [0.25, 0.3) is 0 Å². The van der Waals surface area contributed by atoms with Crippen molar-refractivity contribution in [3.8, 4) is 0 Å². The van der Waals surface area contributed by atoms with Gasteiger partial charge in [0.15, 0.2) is 0 Å². The van der Waals surface area contributed by atoms with E-state index in [0.29, 0.717) is 0 Å². The highest BCUT2D eigenvalue weighted by atomic mass is 15.4. The summed E-state index contributed by atoms with van der Waals surface area (Å²) in [6.45, 7) is 2.82. The Hall–Kier alpha value is -1.75. The Labute approximate surface area is 101 Å². The molecule has 0 aliphatic rings.